The summed E-state index contributed by atoms with van der Waals surface area (Å²) in [6, 6.07) is 5.76. The molecule has 1 aromatic rings. The number of fused-ring (bicyclic) bond motifs is 1. The lowest BCUT2D eigenvalue weighted by molar-refractivity contribution is 0.510. The summed E-state index contributed by atoms with van der Waals surface area (Å²) in [4.78, 5) is 0.705. The zero-order valence-electron chi connectivity index (χ0n) is 11.1. The summed E-state index contributed by atoms with van der Waals surface area (Å²) in [5, 5.41) is 2.99. The van der Waals surface area contributed by atoms with Crippen molar-refractivity contribution in [2.75, 3.05) is 13.3 Å². The Morgan fingerprint density at radius 1 is 1.42 bits per heavy atom. The van der Waals surface area contributed by atoms with E-state index in [0.717, 1.165) is 36.0 Å². The molecule has 2 rings (SSSR count). The van der Waals surface area contributed by atoms with E-state index in [1.54, 1.807) is 7.05 Å². The van der Waals surface area contributed by atoms with Gasteiger partial charge in [0.05, 0.1) is 6.26 Å². The van der Waals surface area contributed by atoms with Crippen molar-refractivity contribution in [1.29, 1.82) is 0 Å². The average Bonchev–Trinajstić information content (AvgIpc) is 2.36. The first-order valence-corrected chi connectivity index (χ1v) is 8.53. The predicted molar refractivity (Wildman–Crippen MR) is 80.9 cm³/mol. The zero-order chi connectivity index (χ0) is 14.0. The Labute approximate surface area is 119 Å². The molecule has 1 atom stereocenters. The molecule has 1 aliphatic rings. The summed E-state index contributed by atoms with van der Waals surface area (Å²) in [7, 11) is -1.40. The molecule has 2 N–H and O–H groups in total. The number of sulfonamides is 1. The van der Waals surface area contributed by atoms with Crippen LogP contribution in [-0.2, 0) is 16.4 Å². The summed E-state index contributed by atoms with van der Waals surface area (Å²) in [6.45, 7) is 0. The van der Waals surface area contributed by atoms with Crippen molar-refractivity contribution >= 4 is 27.2 Å². The van der Waals surface area contributed by atoms with Gasteiger partial charge in [0, 0.05) is 18.7 Å². The van der Waals surface area contributed by atoms with Crippen LogP contribution in [0.15, 0.2) is 18.2 Å². The van der Waals surface area contributed by atoms with Crippen molar-refractivity contribution in [3.05, 3.63) is 34.9 Å². The molecule has 0 heterocycles. The molecule has 0 radical (unpaired) electrons. The van der Waals surface area contributed by atoms with E-state index >= 15 is 0 Å². The van der Waals surface area contributed by atoms with Crippen LogP contribution in [0.3, 0.4) is 0 Å². The van der Waals surface area contributed by atoms with E-state index in [-0.39, 0.29) is 6.04 Å². The van der Waals surface area contributed by atoms with Gasteiger partial charge in [0.1, 0.15) is 4.99 Å². The highest BCUT2D eigenvalue weighted by Crippen LogP contribution is 2.32. The van der Waals surface area contributed by atoms with Crippen LogP contribution in [0.4, 0.5) is 0 Å². The zero-order valence-corrected chi connectivity index (χ0v) is 12.7. The first-order valence-electron chi connectivity index (χ1n) is 6.23. The summed E-state index contributed by atoms with van der Waals surface area (Å²) in [5.41, 5.74) is 3.22. The first kappa shape index (κ1) is 14.4. The van der Waals surface area contributed by atoms with Crippen LogP contribution in [0.5, 0.6) is 0 Å². The number of rotatable bonds is 3. The van der Waals surface area contributed by atoms with Crippen molar-refractivity contribution in [2.24, 2.45) is 0 Å². The summed E-state index contributed by atoms with van der Waals surface area (Å²) in [6.07, 6.45) is 3.93. The Kier molecular flexibility index (Phi) is 4.23. The summed E-state index contributed by atoms with van der Waals surface area (Å²) >= 11 is 5.31. The molecule has 6 heteroatoms. The van der Waals surface area contributed by atoms with Gasteiger partial charge in [-0.25, -0.2) is 13.1 Å². The van der Waals surface area contributed by atoms with Crippen LogP contribution in [0, 0.1) is 0 Å². The van der Waals surface area contributed by atoms with E-state index in [2.05, 4.69) is 10.0 Å². The number of nitrogens with one attached hydrogen (secondary N) is 2. The first-order chi connectivity index (χ1) is 8.92. The molecular weight excluding hydrogens is 280 g/mol. The Morgan fingerprint density at radius 2 is 2.16 bits per heavy atom. The molecule has 0 spiro atoms. The highest BCUT2D eigenvalue weighted by molar-refractivity contribution is 7.88. The van der Waals surface area contributed by atoms with Gasteiger partial charge < -0.3 is 5.32 Å². The molecule has 0 bridgehead atoms. The van der Waals surface area contributed by atoms with Gasteiger partial charge in [-0.05, 0) is 30.4 Å². The fourth-order valence-corrected chi connectivity index (χ4v) is 3.53. The number of benzene rings is 1. The fraction of sp³-hybridized carbons (Fsp3) is 0.462. The Morgan fingerprint density at radius 3 is 2.79 bits per heavy atom. The Bertz CT molecular complexity index is 597. The maximum atomic E-state index is 11.4. The number of hydrogen-bond donors (Lipinski definition) is 2. The van der Waals surface area contributed by atoms with Crippen molar-refractivity contribution < 1.29 is 8.42 Å². The Hall–Kier alpha value is -0.980. The molecule has 19 heavy (non-hydrogen) atoms. The molecule has 104 valence electrons. The third kappa shape index (κ3) is 3.32. The van der Waals surface area contributed by atoms with Crippen LogP contribution in [-0.4, -0.2) is 26.7 Å². The lowest BCUT2D eigenvalue weighted by Crippen LogP contribution is -2.31. The standard InChI is InChI=1S/C13H18N2O2S2/c1-14-13(18)11-7-3-6-10-9(11)5-4-8-12(10)15-19(2,16)17/h3,6-7,12,15H,4-5,8H2,1-2H3,(H,14,18). The van der Waals surface area contributed by atoms with E-state index in [1.807, 2.05) is 18.2 Å². The third-order valence-corrected chi connectivity index (χ3v) is 4.47. The quantitative estimate of drug-likeness (QED) is 0.831. The van der Waals surface area contributed by atoms with Crippen LogP contribution >= 0.6 is 12.2 Å². The fourth-order valence-electron chi connectivity index (χ4n) is 2.58. The highest BCUT2D eigenvalue weighted by Gasteiger charge is 2.25. The molecule has 0 amide bonds. The molecule has 0 saturated carbocycles. The lowest BCUT2D eigenvalue weighted by Gasteiger charge is -2.27. The van der Waals surface area contributed by atoms with E-state index in [0.29, 0.717) is 4.99 Å². The van der Waals surface area contributed by atoms with Gasteiger partial charge in [0.15, 0.2) is 0 Å². The normalized spacial score (nSPS) is 18.7. The topological polar surface area (TPSA) is 58.2 Å². The smallest absolute Gasteiger partial charge is 0.209 e. The van der Waals surface area contributed by atoms with E-state index in [4.69, 9.17) is 12.2 Å². The van der Waals surface area contributed by atoms with Gasteiger partial charge in [-0.1, -0.05) is 30.4 Å². The minimum absolute atomic E-state index is 0.140. The SMILES string of the molecule is CNC(=S)c1cccc2c1CCCC2NS(C)(=O)=O. The van der Waals surface area contributed by atoms with E-state index < -0.39 is 10.0 Å². The van der Waals surface area contributed by atoms with E-state index in [9.17, 15) is 8.42 Å². The molecule has 0 saturated heterocycles. The minimum atomic E-state index is -3.20. The van der Waals surface area contributed by atoms with Crippen molar-refractivity contribution in [3.8, 4) is 0 Å². The van der Waals surface area contributed by atoms with Crippen LogP contribution < -0.4 is 10.0 Å². The van der Waals surface area contributed by atoms with Gasteiger partial charge in [-0.15, -0.1) is 0 Å². The van der Waals surface area contributed by atoms with Gasteiger partial charge in [-0.3, -0.25) is 0 Å². The van der Waals surface area contributed by atoms with Crippen molar-refractivity contribution in [1.82, 2.24) is 10.0 Å². The minimum Gasteiger partial charge on any atom is -0.379 e. The number of thiocarbonyl (C=S) groups is 1. The summed E-state index contributed by atoms with van der Waals surface area (Å²) < 4.78 is 25.6. The molecule has 1 unspecified atom stereocenters. The van der Waals surface area contributed by atoms with Crippen molar-refractivity contribution in [3.63, 3.8) is 0 Å². The maximum absolute atomic E-state index is 11.4. The van der Waals surface area contributed by atoms with E-state index in [1.165, 1.54) is 6.26 Å². The molecule has 1 aliphatic carbocycles. The van der Waals surface area contributed by atoms with Crippen molar-refractivity contribution in [2.45, 2.75) is 25.3 Å². The van der Waals surface area contributed by atoms with Gasteiger partial charge in [-0.2, -0.15) is 0 Å². The number of hydrogen-bond acceptors (Lipinski definition) is 3. The monoisotopic (exact) mass is 298 g/mol. The molecule has 0 aromatic heterocycles. The van der Waals surface area contributed by atoms with Gasteiger partial charge >= 0.3 is 0 Å². The molecule has 1 aromatic carbocycles. The second-order valence-corrected chi connectivity index (χ2v) is 6.98. The van der Waals surface area contributed by atoms with Gasteiger partial charge in [0.25, 0.3) is 0 Å². The lowest BCUT2D eigenvalue weighted by atomic mass is 9.85. The average molecular weight is 298 g/mol. The third-order valence-electron chi connectivity index (χ3n) is 3.34. The largest absolute Gasteiger partial charge is 0.379 e. The molecular formula is C13H18N2O2S2. The molecule has 0 aliphatic heterocycles. The second kappa shape index (κ2) is 5.56. The van der Waals surface area contributed by atoms with Crippen LogP contribution in [0.1, 0.15) is 35.6 Å². The molecule has 4 nitrogen and oxygen atoms in total. The highest BCUT2D eigenvalue weighted by atomic mass is 32.2. The summed E-state index contributed by atoms with van der Waals surface area (Å²) in [5.74, 6) is 0. The maximum Gasteiger partial charge on any atom is 0.209 e. The van der Waals surface area contributed by atoms with Crippen LogP contribution in [0.25, 0.3) is 0 Å². The Balaban J connectivity index is 2.43. The van der Waals surface area contributed by atoms with Gasteiger partial charge in [0.2, 0.25) is 10.0 Å². The predicted octanol–water partition coefficient (Wildman–Crippen LogP) is 1.51. The second-order valence-electron chi connectivity index (χ2n) is 4.79. The van der Waals surface area contributed by atoms with Crippen LogP contribution in [0.2, 0.25) is 0 Å². The molecule has 0 fully saturated rings.